The molecule has 1 aliphatic rings. The van der Waals surface area contributed by atoms with E-state index < -0.39 is 0 Å². The largest absolute Gasteiger partial charge is 0.469 e. The molecular weight excluding hydrogens is 380 g/mol. The van der Waals surface area contributed by atoms with Crippen molar-refractivity contribution in [2.45, 2.75) is 39.2 Å². The number of rotatable bonds is 6. The number of nitrogens with one attached hydrogen (secondary N) is 2. The number of carbonyl (C=O) groups excluding carboxylic acids is 3. The molecule has 1 saturated carbocycles. The summed E-state index contributed by atoms with van der Waals surface area (Å²) in [5.41, 5.74) is 3.28. The molecule has 0 aromatic heterocycles. The van der Waals surface area contributed by atoms with Crippen LogP contribution < -0.4 is 10.6 Å². The van der Waals surface area contributed by atoms with Crippen LogP contribution in [-0.2, 0) is 9.53 Å². The van der Waals surface area contributed by atoms with Crippen LogP contribution in [0.5, 0.6) is 0 Å². The average molecular weight is 408 g/mol. The Labute approximate surface area is 177 Å². The van der Waals surface area contributed by atoms with E-state index in [1.165, 1.54) is 7.11 Å². The van der Waals surface area contributed by atoms with E-state index in [0.29, 0.717) is 17.7 Å². The maximum absolute atomic E-state index is 12.9. The normalized spacial score (nSPS) is 18.1. The Kier molecular flexibility index (Phi) is 6.87. The van der Waals surface area contributed by atoms with Crippen LogP contribution >= 0.6 is 0 Å². The van der Waals surface area contributed by atoms with E-state index >= 15 is 0 Å². The van der Waals surface area contributed by atoms with Crippen LogP contribution in [0.1, 0.15) is 43.5 Å². The van der Waals surface area contributed by atoms with E-state index in [1.54, 1.807) is 0 Å². The van der Waals surface area contributed by atoms with Crippen molar-refractivity contribution < 1.29 is 19.1 Å². The van der Waals surface area contributed by atoms with Gasteiger partial charge in [0.1, 0.15) is 0 Å². The Morgan fingerprint density at radius 2 is 1.47 bits per heavy atom. The Morgan fingerprint density at radius 1 is 0.900 bits per heavy atom. The summed E-state index contributed by atoms with van der Waals surface area (Å²) in [6, 6.07) is 14.8. The molecule has 158 valence electrons. The number of ether oxygens (including phenoxy) is 1. The first-order chi connectivity index (χ1) is 14.4. The molecule has 2 N–H and O–H groups in total. The molecule has 0 unspecified atom stereocenters. The lowest BCUT2D eigenvalue weighted by molar-refractivity contribution is -0.146. The summed E-state index contributed by atoms with van der Waals surface area (Å²) in [5, 5.41) is 5.57. The van der Waals surface area contributed by atoms with Gasteiger partial charge in [-0.3, -0.25) is 9.59 Å². The van der Waals surface area contributed by atoms with Crippen LogP contribution in [0.2, 0.25) is 0 Å². The van der Waals surface area contributed by atoms with Gasteiger partial charge in [-0.1, -0.05) is 42.8 Å². The molecule has 2 aromatic rings. The third-order valence-corrected chi connectivity index (χ3v) is 5.42. The summed E-state index contributed by atoms with van der Waals surface area (Å²) in [4.78, 5) is 36.6. The van der Waals surface area contributed by atoms with Crippen LogP contribution in [0.15, 0.2) is 48.5 Å². The van der Waals surface area contributed by atoms with Crippen molar-refractivity contribution in [2.24, 2.45) is 11.8 Å². The minimum Gasteiger partial charge on any atom is -0.469 e. The first-order valence-electron chi connectivity index (χ1n) is 10.3. The van der Waals surface area contributed by atoms with Gasteiger partial charge in [0.05, 0.1) is 13.0 Å². The van der Waals surface area contributed by atoms with Gasteiger partial charge < -0.3 is 15.4 Å². The highest BCUT2D eigenvalue weighted by atomic mass is 16.5. The molecule has 3 rings (SSSR count). The zero-order valence-corrected chi connectivity index (χ0v) is 17.6. The molecule has 0 bridgehead atoms. The van der Waals surface area contributed by atoms with Gasteiger partial charge in [0.15, 0.2) is 5.78 Å². The van der Waals surface area contributed by atoms with Gasteiger partial charge in [0, 0.05) is 23.2 Å². The van der Waals surface area contributed by atoms with Gasteiger partial charge in [0.25, 0.3) is 0 Å². The number of hydrogen-bond donors (Lipinski definition) is 2. The number of amides is 2. The van der Waals surface area contributed by atoms with Crippen molar-refractivity contribution >= 4 is 23.5 Å². The second-order valence-electron chi connectivity index (χ2n) is 7.94. The number of esters is 1. The second-order valence-corrected chi connectivity index (χ2v) is 7.94. The average Bonchev–Trinajstić information content (AvgIpc) is 3.22. The molecule has 2 atom stereocenters. The second kappa shape index (κ2) is 9.57. The number of Topliss-reactive ketones (excluding diaryl/α,β-unsaturated/α-hetero) is 1. The Hall–Kier alpha value is -3.15. The first-order valence-corrected chi connectivity index (χ1v) is 10.3. The Bertz CT molecular complexity index is 904. The predicted octanol–water partition coefficient (Wildman–Crippen LogP) is 4.66. The molecule has 30 heavy (non-hydrogen) atoms. The van der Waals surface area contributed by atoms with Crippen LogP contribution in [0.4, 0.5) is 10.5 Å². The van der Waals surface area contributed by atoms with Gasteiger partial charge in [-0.25, -0.2) is 4.79 Å². The van der Waals surface area contributed by atoms with Crippen LogP contribution in [0.25, 0.3) is 11.1 Å². The highest BCUT2D eigenvalue weighted by Gasteiger charge is 2.38. The molecular formula is C24H28N2O4. The number of anilines is 1. The third kappa shape index (κ3) is 5.06. The fourth-order valence-corrected chi connectivity index (χ4v) is 3.92. The SMILES string of the molecule is COC(=O)[C@@H]1CCC[C@H]1C(=O)c1ccc(-c2ccc(NC(=O)NC(C)C)cc2)cc1. The van der Waals surface area contributed by atoms with E-state index in [4.69, 9.17) is 4.74 Å². The topological polar surface area (TPSA) is 84.5 Å². The number of hydrogen-bond acceptors (Lipinski definition) is 4. The fraction of sp³-hybridized carbons (Fsp3) is 0.375. The molecule has 0 radical (unpaired) electrons. The van der Waals surface area contributed by atoms with E-state index in [0.717, 1.165) is 24.0 Å². The van der Waals surface area contributed by atoms with Gasteiger partial charge in [0.2, 0.25) is 0 Å². The van der Waals surface area contributed by atoms with Gasteiger partial charge in [-0.05, 0) is 49.9 Å². The maximum Gasteiger partial charge on any atom is 0.319 e. The highest BCUT2D eigenvalue weighted by Crippen LogP contribution is 2.35. The first kappa shape index (κ1) is 21.6. The summed E-state index contributed by atoms with van der Waals surface area (Å²) < 4.78 is 4.86. The summed E-state index contributed by atoms with van der Waals surface area (Å²) in [6.07, 6.45) is 2.29. The zero-order valence-electron chi connectivity index (χ0n) is 17.6. The number of benzene rings is 2. The van der Waals surface area contributed by atoms with Crippen molar-refractivity contribution in [2.75, 3.05) is 12.4 Å². The fourth-order valence-electron chi connectivity index (χ4n) is 3.92. The predicted molar refractivity (Wildman–Crippen MR) is 116 cm³/mol. The van der Waals surface area contributed by atoms with Crippen molar-refractivity contribution in [1.82, 2.24) is 5.32 Å². The van der Waals surface area contributed by atoms with Gasteiger partial charge >= 0.3 is 12.0 Å². The molecule has 0 spiro atoms. The van der Waals surface area contributed by atoms with E-state index in [1.807, 2.05) is 62.4 Å². The summed E-state index contributed by atoms with van der Waals surface area (Å²) in [6.45, 7) is 3.80. The van der Waals surface area contributed by atoms with Gasteiger partial charge in [-0.15, -0.1) is 0 Å². The molecule has 0 saturated heterocycles. The Morgan fingerprint density at radius 3 is 2.03 bits per heavy atom. The molecule has 1 aliphatic carbocycles. The minimum absolute atomic E-state index is 0.00478. The minimum atomic E-state index is -0.338. The molecule has 2 amide bonds. The summed E-state index contributed by atoms with van der Waals surface area (Å²) in [7, 11) is 1.37. The number of ketones is 1. The molecule has 2 aromatic carbocycles. The van der Waals surface area contributed by atoms with Crippen LogP contribution in [0, 0.1) is 11.8 Å². The molecule has 0 aliphatic heterocycles. The number of carbonyl (C=O) groups is 3. The van der Waals surface area contributed by atoms with Crippen molar-refractivity contribution in [3.63, 3.8) is 0 Å². The van der Waals surface area contributed by atoms with Crippen molar-refractivity contribution in [3.8, 4) is 11.1 Å². The molecule has 0 heterocycles. The molecule has 6 nitrogen and oxygen atoms in total. The standard InChI is InChI=1S/C24H28N2O4/c1-15(2)25-24(29)26-19-13-11-17(12-14-19)16-7-9-18(10-8-16)22(27)20-5-4-6-21(20)23(28)30-3/h7-15,20-21H,4-6H2,1-3H3,(H2,25,26,29)/t20-,21-/m1/s1. The van der Waals surface area contributed by atoms with E-state index in [9.17, 15) is 14.4 Å². The maximum atomic E-state index is 12.9. The lowest BCUT2D eigenvalue weighted by Gasteiger charge is -2.16. The lowest BCUT2D eigenvalue weighted by atomic mass is 9.88. The highest BCUT2D eigenvalue weighted by molar-refractivity contribution is 6.00. The summed E-state index contributed by atoms with van der Waals surface area (Å²) >= 11 is 0. The molecule has 1 fully saturated rings. The monoisotopic (exact) mass is 408 g/mol. The lowest BCUT2D eigenvalue weighted by Crippen LogP contribution is -2.34. The van der Waals surface area contributed by atoms with Crippen LogP contribution in [0.3, 0.4) is 0 Å². The number of urea groups is 1. The van der Waals surface area contributed by atoms with Gasteiger partial charge in [-0.2, -0.15) is 0 Å². The molecule has 6 heteroatoms. The van der Waals surface area contributed by atoms with Crippen LogP contribution in [-0.4, -0.2) is 30.9 Å². The third-order valence-electron chi connectivity index (χ3n) is 5.42. The van der Waals surface area contributed by atoms with E-state index in [2.05, 4.69) is 10.6 Å². The summed E-state index contributed by atoms with van der Waals surface area (Å²) in [5.74, 6) is -0.927. The Balaban J connectivity index is 1.67. The smallest absolute Gasteiger partial charge is 0.319 e. The quantitative estimate of drug-likeness (QED) is 0.538. The van der Waals surface area contributed by atoms with Crippen molar-refractivity contribution in [3.05, 3.63) is 54.1 Å². The number of methoxy groups -OCH3 is 1. The van der Waals surface area contributed by atoms with Crippen molar-refractivity contribution in [1.29, 1.82) is 0 Å². The zero-order chi connectivity index (χ0) is 21.7. The van der Waals surface area contributed by atoms with E-state index in [-0.39, 0.29) is 35.7 Å².